The van der Waals surface area contributed by atoms with E-state index in [2.05, 4.69) is 40.4 Å². The Morgan fingerprint density at radius 2 is 2.18 bits per heavy atom. The zero-order valence-electron chi connectivity index (χ0n) is 10.3. The summed E-state index contributed by atoms with van der Waals surface area (Å²) >= 11 is 0. The van der Waals surface area contributed by atoms with Crippen molar-refractivity contribution in [3.8, 4) is 12.3 Å². The van der Waals surface area contributed by atoms with Gasteiger partial charge in [-0.25, -0.2) is 0 Å². The van der Waals surface area contributed by atoms with Gasteiger partial charge < -0.3 is 10.2 Å². The van der Waals surface area contributed by atoms with Crippen LogP contribution in [0, 0.1) is 12.3 Å². The van der Waals surface area contributed by atoms with Gasteiger partial charge in [-0.2, -0.15) is 0 Å². The molecular weight excluding hydrogens is 208 g/mol. The summed E-state index contributed by atoms with van der Waals surface area (Å²) in [6, 6.07) is 8.76. The number of terminal acetylenes is 1. The molecule has 1 aromatic carbocycles. The Bertz CT molecular complexity index is 392. The van der Waals surface area contributed by atoms with Gasteiger partial charge in [0.15, 0.2) is 0 Å². The number of hydrogen-bond acceptors (Lipinski definition) is 2. The molecule has 17 heavy (non-hydrogen) atoms. The summed E-state index contributed by atoms with van der Waals surface area (Å²) in [4.78, 5) is 2.48. The summed E-state index contributed by atoms with van der Waals surface area (Å²) in [5.74, 6) is 2.61. The molecule has 0 aromatic heterocycles. The molecule has 1 aliphatic rings. The van der Waals surface area contributed by atoms with E-state index in [9.17, 15) is 0 Å². The second-order valence-electron chi connectivity index (χ2n) is 4.45. The van der Waals surface area contributed by atoms with Crippen LogP contribution in [0.25, 0.3) is 0 Å². The minimum atomic E-state index is 0.662. The van der Waals surface area contributed by atoms with E-state index < -0.39 is 0 Å². The maximum absolute atomic E-state index is 5.22. The van der Waals surface area contributed by atoms with Crippen LogP contribution in [0.4, 0.5) is 5.69 Å². The van der Waals surface area contributed by atoms with Gasteiger partial charge >= 0.3 is 0 Å². The van der Waals surface area contributed by atoms with Gasteiger partial charge in [0.05, 0.1) is 6.54 Å². The van der Waals surface area contributed by atoms with Crippen LogP contribution < -0.4 is 10.2 Å². The molecule has 1 N–H and O–H groups in total. The topological polar surface area (TPSA) is 15.3 Å². The summed E-state index contributed by atoms with van der Waals surface area (Å²) in [6.07, 6.45) is 9.01. The predicted molar refractivity (Wildman–Crippen MR) is 73.3 cm³/mol. The van der Waals surface area contributed by atoms with Crippen LogP contribution in [0.15, 0.2) is 24.3 Å². The SMILES string of the molecule is C#CCNCCN1CCCCc2ccccc21. The molecule has 1 aromatic rings. The third-order valence-corrected chi connectivity index (χ3v) is 3.24. The van der Waals surface area contributed by atoms with E-state index in [1.54, 1.807) is 0 Å². The minimum Gasteiger partial charge on any atom is -0.370 e. The van der Waals surface area contributed by atoms with Gasteiger partial charge in [0.25, 0.3) is 0 Å². The van der Waals surface area contributed by atoms with E-state index in [0.29, 0.717) is 6.54 Å². The number of aryl methyl sites for hydroxylation is 1. The highest BCUT2D eigenvalue weighted by molar-refractivity contribution is 5.54. The predicted octanol–water partition coefficient (Wildman–Crippen LogP) is 2.05. The molecule has 0 saturated heterocycles. The van der Waals surface area contributed by atoms with Gasteiger partial charge in [-0.3, -0.25) is 0 Å². The molecule has 1 aliphatic heterocycles. The molecule has 0 bridgehead atoms. The first-order valence-corrected chi connectivity index (χ1v) is 6.39. The van der Waals surface area contributed by atoms with Crippen molar-refractivity contribution in [1.29, 1.82) is 0 Å². The maximum Gasteiger partial charge on any atom is 0.0574 e. The first kappa shape index (κ1) is 12.0. The molecule has 0 saturated carbocycles. The second kappa shape index (κ2) is 6.32. The average Bonchev–Trinajstić information content (AvgIpc) is 2.57. The largest absolute Gasteiger partial charge is 0.370 e. The lowest BCUT2D eigenvalue weighted by molar-refractivity contribution is 0.675. The number of fused-ring (bicyclic) bond motifs is 1. The number of rotatable bonds is 4. The summed E-state index contributed by atoms with van der Waals surface area (Å²) in [5.41, 5.74) is 2.90. The van der Waals surface area contributed by atoms with Crippen LogP contribution in [0.2, 0.25) is 0 Å². The smallest absolute Gasteiger partial charge is 0.0574 e. The first-order chi connectivity index (χ1) is 8.42. The second-order valence-corrected chi connectivity index (χ2v) is 4.45. The molecule has 1 heterocycles. The van der Waals surface area contributed by atoms with Crippen molar-refractivity contribution >= 4 is 5.69 Å². The molecule has 2 heteroatoms. The monoisotopic (exact) mass is 228 g/mol. The Labute approximate surface area is 104 Å². The Balaban J connectivity index is 1.99. The molecule has 0 fully saturated rings. The Kier molecular flexibility index (Phi) is 4.46. The van der Waals surface area contributed by atoms with Crippen molar-refractivity contribution in [3.05, 3.63) is 29.8 Å². The van der Waals surface area contributed by atoms with Crippen LogP contribution in [-0.2, 0) is 6.42 Å². The van der Waals surface area contributed by atoms with Crippen LogP contribution >= 0.6 is 0 Å². The third kappa shape index (κ3) is 3.25. The molecule has 0 amide bonds. The lowest BCUT2D eigenvalue weighted by Gasteiger charge is -2.24. The van der Waals surface area contributed by atoms with E-state index in [0.717, 1.165) is 19.6 Å². The minimum absolute atomic E-state index is 0.662. The van der Waals surface area contributed by atoms with Gasteiger partial charge in [0.1, 0.15) is 0 Å². The van der Waals surface area contributed by atoms with E-state index >= 15 is 0 Å². The number of hydrogen-bond donors (Lipinski definition) is 1. The fourth-order valence-electron chi connectivity index (χ4n) is 2.38. The average molecular weight is 228 g/mol. The van der Waals surface area contributed by atoms with Gasteiger partial charge in [-0.1, -0.05) is 24.1 Å². The molecule has 0 spiro atoms. The molecule has 0 atom stereocenters. The maximum atomic E-state index is 5.22. The Hall–Kier alpha value is -1.46. The summed E-state index contributed by atoms with van der Waals surface area (Å²) < 4.78 is 0. The van der Waals surface area contributed by atoms with Crippen LogP contribution in [0.3, 0.4) is 0 Å². The number of benzene rings is 1. The molecule has 2 rings (SSSR count). The lowest BCUT2D eigenvalue weighted by atomic mass is 10.1. The van der Waals surface area contributed by atoms with Crippen LogP contribution in [0.5, 0.6) is 0 Å². The fourth-order valence-corrected chi connectivity index (χ4v) is 2.38. The van der Waals surface area contributed by atoms with E-state index in [-0.39, 0.29) is 0 Å². The van der Waals surface area contributed by atoms with Crippen molar-refractivity contribution < 1.29 is 0 Å². The molecule has 0 aliphatic carbocycles. The number of para-hydroxylation sites is 1. The molecule has 0 unspecified atom stereocenters. The van der Waals surface area contributed by atoms with Crippen molar-refractivity contribution in [3.63, 3.8) is 0 Å². The Morgan fingerprint density at radius 3 is 3.06 bits per heavy atom. The highest BCUT2D eigenvalue weighted by Crippen LogP contribution is 2.25. The van der Waals surface area contributed by atoms with Crippen molar-refractivity contribution in [2.45, 2.75) is 19.3 Å². The summed E-state index contributed by atoms with van der Waals surface area (Å²) in [6.45, 7) is 3.82. The highest BCUT2D eigenvalue weighted by Gasteiger charge is 2.13. The van der Waals surface area contributed by atoms with Gasteiger partial charge in [0.2, 0.25) is 0 Å². The lowest BCUT2D eigenvalue weighted by Crippen LogP contribution is -2.32. The standard InChI is InChI=1S/C15H20N2/c1-2-10-16-11-13-17-12-6-5-8-14-7-3-4-9-15(14)17/h1,3-4,7,9,16H,5-6,8,10-13H2. The van der Waals surface area contributed by atoms with Crippen LogP contribution in [-0.4, -0.2) is 26.2 Å². The summed E-state index contributed by atoms with van der Waals surface area (Å²) in [5, 5.41) is 3.26. The number of nitrogens with one attached hydrogen (secondary N) is 1. The number of nitrogens with zero attached hydrogens (tertiary/aromatic N) is 1. The quantitative estimate of drug-likeness (QED) is 0.627. The van der Waals surface area contributed by atoms with Gasteiger partial charge in [-0.15, -0.1) is 6.42 Å². The summed E-state index contributed by atoms with van der Waals surface area (Å²) in [7, 11) is 0. The van der Waals surface area contributed by atoms with E-state index in [1.165, 1.54) is 30.5 Å². The van der Waals surface area contributed by atoms with E-state index in [1.807, 2.05) is 0 Å². The zero-order chi connectivity index (χ0) is 11.9. The van der Waals surface area contributed by atoms with Crippen molar-refractivity contribution in [1.82, 2.24) is 5.32 Å². The van der Waals surface area contributed by atoms with Crippen molar-refractivity contribution in [2.75, 3.05) is 31.1 Å². The third-order valence-electron chi connectivity index (χ3n) is 3.24. The molecular formula is C15H20N2. The fraction of sp³-hybridized carbons (Fsp3) is 0.467. The van der Waals surface area contributed by atoms with Crippen molar-refractivity contribution in [2.24, 2.45) is 0 Å². The zero-order valence-corrected chi connectivity index (χ0v) is 10.3. The van der Waals surface area contributed by atoms with E-state index in [4.69, 9.17) is 6.42 Å². The highest BCUT2D eigenvalue weighted by atomic mass is 15.1. The van der Waals surface area contributed by atoms with Gasteiger partial charge in [0, 0.05) is 25.3 Å². The Morgan fingerprint density at radius 1 is 1.29 bits per heavy atom. The normalized spacial score (nSPS) is 14.9. The van der Waals surface area contributed by atoms with Crippen LogP contribution in [0.1, 0.15) is 18.4 Å². The van der Waals surface area contributed by atoms with Gasteiger partial charge in [-0.05, 0) is 30.9 Å². The molecule has 2 nitrogen and oxygen atoms in total. The molecule has 0 radical (unpaired) electrons. The number of anilines is 1. The molecule has 90 valence electrons. The first-order valence-electron chi connectivity index (χ1n) is 6.39.